The molecular formula is C15H20N2O2S. The van der Waals surface area contributed by atoms with Crippen molar-refractivity contribution in [2.75, 3.05) is 6.54 Å². The number of carbonyl (C=O) groups excluding carboxylic acids is 1. The SMILES string of the molecule is CC(N)C(C)C(=O)NCC(O)c1cc2ccccc2s1. The Morgan fingerprint density at radius 2 is 2.10 bits per heavy atom. The van der Waals surface area contributed by atoms with Crippen molar-refractivity contribution in [2.24, 2.45) is 11.7 Å². The van der Waals surface area contributed by atoms with E-state index in [0.717, 1.165) is 15.0 Å². The van der Waals surface area contributed by atoms with Gasteiger partial charge in [0.15, 0.2) is 0 Å². The van der Waals surface area contributed by atoms with Crippen molar-refractivity contribution in [3.63, 3.8) is 0 Å². The molecule has 1 amide bonds. The quantitative estimate of drug-likeness (QED) is 0.789. The Bertz CT molecular complexity index is 561. The molecule has 0 fully saturated rings. The Morgan fingerprint density at radius 1 is 1.40 bits per heavy atom. The number of aliphatic hydroxyl groups excluding tert-OH is 1. The van der Waals surface area contributed by atoms with E-state index in [1.165, 1.54) is 0 Å². The summed E-state index contributed by atoms with van der Waals surface area (Å²) in [5, 5.41) is 14.0. The number of thiophene rings is 1. The highest BCUT2D eigenvalue weighted by molar-refractivity contribution is 7.19. The lowest BCUT2D eigenvalue weighted by molar-refractivity contribution is -0.125. The fraction of sp³-hybridized carbons (Fsp3) is 0.400. The lowest BCUT2D eigenvalue weighted by Crippen LogP contribution is -2.40. The molecular weight excluding hydrogens is 272 g/mol. The molecule has 108 valence electrons. The minimum atomic E-state index is -0.684. The average Bonchev–Trinajstić information content (AvgIpc) is 2.87. The van der Waals surface area contributed by atoms with Gasteiger partial charge < -0.3 is 16.2 Å². The zero-order valence-corrected chi connectivity index (χ0v) is 12.5. The Kier molecular flexibility index (Phi) is 4.75. The van der Waals surface area contributed by atoms with Crippen molar-refractivity contribution < 1.29 is 9.90 Å². The molecule has 20 heavy (non-hydrogen) atoms. The maximum atomic E-state index is 11.8. The van der Waals surface area contributed by atoms with Gasteiger partial charge in [-0.15, -0.1) is 11.3 Å². The van der Waals surface area contributed by atoms with Crippen LogP contribution in [-0.2, 0) is 4.79 Å². The summed E-state index contributed by atoms with van der Waals surface area (Å²) in [7, 11) is 0. The normalized spacial score (nSPS) is 15.8. The summed E-state index contributed by atoms with van der Waals surface area (Å²) in [6.07, 6.45) is -0.684. The second-order valence-electron chi connectivity index (χ2n) is 5.10. The van der Waals surface area contributed by atoms with E-state index in [4.69, 9.17) is 5.73 Å². The van der Waals surface area contributed by atoms with Crippen molar-refractivity contribution in [3.05, 3.63) is 35.2 Å². The van der Waals surface area contributed by atoms with Gasteiger partial charge in [0.05, 0.1) is 0 Å². The molecule has 0 saturated carbocycles. The van der Waals surface area contributed by atoms with Crippen molar-refractivity contribution in [2.45, 2.75) is 26.0 Å². The Balaban J connectivity index is 1.98. The van der Waals surface area contributed by atoms with Gasteiger partial charge in [0.2, 0.25) is 5.91 Å². The van der Waals surface area contributed by atoms with Gasteiger partial charge in [-0.25, -0.2) is 0 Å². The molecule has 4 nitrogen and oxygen atoms in total. The zero-order chi connectivity index (χ0) is 14.7. The molecule has 0 saturated heterocycles. The smallest absolute Gasteiger partial charge is 0.224 e. The minimum Gasteiger partial charge on any atom is -0.386 e. The third-order valence-corrected chi connectivity index (χ3v) is 4.66. The van der Waals surface area contributed by atoms with Gasteiger partial charge in [-0.3, -0.25) is 4.79 Å². The standard InChI is InChI=1S/C15H20N2O2S/c1-9(10(2)16)15(19)17-8-12(18)14-7-11-5-3-4-6-13(11)20-14/h3-7,9-10,12,18H,8,16H2,1-2H3,(H,17,19). The summed E-state index contributed by atoms with van der Waals surface area (Å²) in [6, 6.07) is 9.74. The number of carbonyl (C=O) groups is 1. The van der Waals surface area contributed by atoms with Crippen LogP contribution in [0.1, 0.15) is 24.8 Å². The van der Waals surface area contributed by atoms with E-state index < -0.39 is 6.10 Å². The van der Waals surface area contributed by atoms with E-state index in [1.807, 2.05) is 30.3 Å². The van der Waals surface area contributed by atoms with Crippen LogP contribution in [0.2, 0.25) is 0 Å². The van der Waals surface area contributed by atoms with Crippen molar-refractivity contribution >= 4 is 27.3 Å². The van der Waals surface area contributed by atoms with Crippen LogP contribution in [-0.4, -0.2) is 23.6 Å². The van der Waals surface area contributed by atoms with E-state index in [0.29, 0.717) is 0 Å². The van der Waals surface area contributed by atoms with Crippen LogP contribution in [0, 0.1) is 5.92 Å². The second kappa shape index (κ2) is 6.35. The van der Waals surface area contributed by atoms with Gasteiger partial charge in [-0.2, -0.15) is 0 Å². The molecule has 0 bridgehead atoms. The lowest BCUT2D eigenvalue weighted by Gasteiger charge is -2.16. The molecule has 0 aliphatic rings. The molecule has 3 atom stereocenters. The number of fused-ring (bicyclic) bond motifs is 1. The van der Waals surface area contributed by atoms with Crippen molar-refractivity contribution in [1.82, 2.24) is 5.32 Å². The predicted molar refractivity (Wildman–Crippen MR) is 82.6 cm³/mol. The molecule has 0 aliphatic carbocycles. The first-order valence-corrected chi connectivity index (χ1v) is 7.50. The zero-order valence-electron chi connectivity index (χ0n) is 11.7. The number of aliphatic hydroxyl groups is 1. The van der Waals surface area contributed by atoms with Gasteiger partial charge in [0.25, 0.3) is 0 Å². The molecule has 2 rings (SSSR count). The highest BCUT2D eigenvalue weighted by Gasteiger charge is 2.18. The lowest BCUT2D eigenvalue weighted by atomic mass is 10.0. The van der Waals surface area contributed by atoms with E-state index in [1.54, 1.807) is 25.2 Å². The van der Waals surface area contributed by atoms with Crippen LogP contribution < -0.4 is 11.1 Å². The Morgan fingerprint density at radius 3 is 2.75 bits per heavy atom. The minimum absolute atomic E-state index is 0.125. The van der Waals surface area contributed by atoms with Crippen LogP contribution in [0.5, 0.6) is 0 Å². The van der Waals surface area contributed by atoms with Gasteiger partial charge >= 0.3 is 0 Å². The highest BCUT2D eigenvalue weighted by Crippen LogP contribution is 2.29. The van der Waals surface area contributed by atoms with Gasteiger partial charge in [-0.05, 0) is 24.4 Å². The molecule has 4 N–H and O–H groups in total. The fourth-order valence-electron chi connectivity index (χ4n) is 1.86. The molecule has 5 heteroatoms. The summed E-state index contributed by atoms with van der Waals surface area (Å²) in [5.41, 5.74) is 5.68. The van der Waals surface area contributed by atoms with E-state index in [2.05, 4.69) is 5.32 Å². The summed E-state index contributed by atoms with van der Waals surface area (Å²) in [5.74, 6) is -0.384. The second-order valence-corrected chi connectivity index (χ2v) is 6.21. The van der Waals surface area contributed by atoms with Gasteiger partial charge in [0.1, 0.15) is 6.10 Å². The van der Waals surface area contributed by atoms with Gasteiger partial charge in [0, 0.05) is 28.1 Å². The van der Waals surface area contributed by atoms with Crippen LogP contribution in [0.3, 0.4) is 0 Å². The summed E-state index contributed by atoms with van der Waals surface area (Å²) >= 11 is 1.55. The number of amides is 1. The number of hydrogen-bond acceptors (Lipinski definition) is 4. The molecule has 1 heterocycles. The highest BCUT2D eigenvalue weighted by atomic mass is 32.1. The monoisotopic (exact) mass is 292 g/mol. The predicted octanol–water partition coefficient (Wildman–Crippen LogP) is 2.03. The van der Waals surface area contributed by atoms with Crippen LogP contribution in [0.15, 0.2) is 30.3 Å². The maximum Gasteiger partial charge on any atom is 0.224 e. The van der Waals surface area contributed by atoms with E-state index >= 15 is 0 Å². The molecule has 0 spiro atoms. The topological polar surface area (TPSA) is 75.4 Å². The number of nitrogens with two attached hydrogens (primary N) is 1. The first-order valence-electron chi connectivity index (χ1n) is 6.69. The summed E-state index contributed by atoms with van der Waals surface area (Å²) < 4.78 is 1.14. The first kappa shape index (κ1) is 15.0. The number of nitrogens with one attached hydrogen (secondary N) is 1. The number of rotatable bonds is 5. The summed E-state index contributed by atoms with van der Waals surface area (Å²) in [6.45, 7) is 3.79. The number of benzene rings is 1. The molecule has 1 aromatic carbocycles. The van der Waals surface area contributed by atoms with Gasteiger partial charge in [-0.1, -0.05) is 25.1 Å². The molecule has 1 aromatic heterocycles. The molecule has 0 radical (unpaired) electrons. The maximum absolute atomic E-state index is 11.8. The van der Waals surface area contributed by atoms with E-state index in [9.17, 15) is 9.90 Å². The molecule has 2 aromatic rings. The van der Waals surface area contributed by atoms with E-state index in [-0.39, 0.29) is 24.4 Å². The van der Waals surface area contributed by atoms with Crippen LogP contribution in [0.25, 0.3) is 10.1 Å². The first-order chi connectivity index (χ1) is 9.49. The third-order valence-electron chi connectivity index (χ3n) is 3.44. The number of hydrogen-bond donors (Lipinski definition) is 3. The molecule has 3 unspecified atom stereocenters. The van der Waals surface area contributed by atoms with Crippen molar-refractivity contribution in [1.29, 1.82) is 0 Å². The fourth-order valence-corrected chi connectivity index (χ4v) is 2.91. The van der Waals surface area contributed by atoms with Crippen LogP contribution >= 0.6 is 11.3 Å². The third kappa shape index (κ3) is 3.36. The van der Waals surface area contributed by atoms with Crippen molar-refractivity contribution in [3.8, 4) is 0 Å². The Hall–Kier alpha value is -1.43. The summed E-state index contributed by atoms with van der Waals surface area (Å²) in [4.78, 5) is 12.7. The Labute approximate surface area is 122 Å². The molecule has 0 aliphatic heterocycles. The average molecular weight is 292 g/mol. The largest absolute Gasteiger partial charge is 0.386 e. The van der Waals surface area contributed by atoms with Crippen LogP contribution in [0.4, 0.5) is 0 Å².